The van der Waals surface area contributed by atoms with Crippen LogP contribution in [0.2, 0.25) is 26.2 Å². The van der Waals surface area contributed by atoms with Gasteiger partial charge >= 0.3 is 0 Å². The van der Waals surface area contributed by atoms with E-state index < -0.39 is 13.6 Å². The predicted molar refractivity (Wildman–Crippen MR) is 59.6 cm³/mol. The van der Waals surface area contributed by atoms with Gasteiger partial charge in [-0.25, -0.2) is 0 Å². The van der Waals surface area contributed by atoms with Gasteiger partial charge < -0.3 is 0 Å². The van der Waals surface area contributed by atoms with E-state index >= 15 is 0 Å². The smallest absolute Gasteiger partial charge is 0.164 e. The Morgan fingerprint density at radius 3 is 1.70 bits per heavy atom. The Kier molecular flexibility index (Phi) is 2.37. The van der Waals surface area contributed by atoms with Gasteiger partial charge in [0.15, 0.2) is 6.37 Å². The Labute approximate surface area is 73.5 Å². The molecule has 10 heavy (non-hydrogen) atoms. The van der Waals surface area contributed by atoms with Crippen LogP contribution in [0.5, 0.6) is 0 Å². The van der Waals surface area contributed by atoms with E-state index in [1.54, 1.807) is 0 Å². The standard InChI is InChI=1S/C6H16S2Si2/c1-6-7-10(4,5)8-9(6,2)3/h6H,1-5H3. The van der Waals surface area contributed by atoms with Crippen molar-refractivity contribution in [2.75, 3.05) is 0 Å². The van der Waals surface area contributed by atoms with E-state index in [9.17, 15) is 0 Å². The molecule has 0 radical (unpaired) electrons. The molecule has 0 spiro atoms. The summed E-state index contributed by atoms with van der Waals surface area (Å²) < 4.78 is 0. The lowest BCUT2D eigenvalue weighted by molar-refractivity contribution is 1.34. The highest BCUT2D eigenvalue weighted by Gasteiger charge is 2.46. The van der Waals surface area contributed by atoms with Crippen LogP contribution in [-0.4, -0.2) is 18.5 Å². The first-order chi connectivity index (χ1) is 4.33. The highest BCUT2D eigenvalue weighted by Crippen LogP contribution is 2.51. The molecule has 1 rings (SSSR count). The number of hydrogen-bond acceptors (Lipinski definition) is 2. The lowest BCUT2D eigenvalue weighted by Gasteiger charge is -2.19. The lowest BCUT2D eigenvalue weighted by Crippen LogP contribution is -2.29. The zero-order valence-corrected chi connectivity index (χ0v) is 11.0. The van der Waals surface area contributed by atoms with E-state index in [1.165, 1.54) is 0 Å². The minimum absolute atomic E-state index is 0.838. The summed E-state index contributed by atoms with van der Waals surface area (Å²) in [5, 5.41) is 0. The third-order valence-corrected chi connectivity index (χ3v) is 28.3. The second-order valence-electron chi connectivity index (χ2n) is 3.87. The molecule has 4 heteroatoms. The molecule has 0 bridgehead atoms. The maximum atomic E-state index is 2.51. The van der Waals surface area contributed by atoms with Gasteiger partial charge in [-0.15, -0.1) is 0 Å². The molecule has 0 aliphatic carbocycles. The molecule has 1 unspecified atom stereocenters. The van der Waals surface area contributed by atoms with Gasteiger partial charge in [-0.1, -0.05) is 33.1 Å². The van der Waals surface area contributed by atoms with Gasteiger partial charge in [0.05, 0.1) is 0 Å². The van der Waals surface area contributed by atoms with E-state index in [2.05, 4.69) is 55.0 Å². The highest BCUT2D eigenvalue weighted by molar-refractivity contribution is 8.73. The van der Waals surface area contributed by atoms with E-state index in [0.717, 1.165) is 4.87 Å². The fraction of sp³-hybridized carbons (Fsp3) is 1.00. The predicted octanol–water partition coefficient (Wildman–Crippen LogP) is 3.30. The maximum absolute atomic E-state index is 2.51. The largest absolute Gasteiger partial charge is 0.194 e. The molecule has 0 amide bonds. The molecule has 0 aromatic heterocycles. The van der Waals surface area contributed by atoms with Crippen LogP contribution in [-0.2, 0) is 0 Å². The Balaban J connectivity index is 2.71. The molecule has 1 aliphatic rings. The molecular weight excluding hydrogens is 192 g/mol. The van der Waals surface area contributed by atoms with Crippen LogP contribution in [0, 0.1) is 0 Å². The Hall–Kier alpha value is 1.13. The summed E-state index contributed by atoms with van der Waals surface area (Å²) >= 11 is 2.29. The second kappa shape index (κ2) is 2.57. The SMILES string of the molecule is CC1S[Si](C)(C)S[Si]1(C)C. The van der Waals surface area contributed by atoms with Crippen molar-refractivity contribution in [3.05, 3.63) is 0 Å². The third kappa shape index (κ3) is 1.84. The summed E-state index contributed by atoms with van der Waals surface area (Å²) in [4.78, 5) is 0.985. The van der Waals surface area contributed by atoms with Gasteiger partial charge in [0.1, 0.15) is 7.22 Å². The summed E-state index contributed by atoms with van der Waals surface area (Å²) in [6.07, 6.45) is -0.844. The summed E-state index contributed by atoms with van der Waals surface area (Å²) in [6, 6.07) is 0. The lowest BCUT2D eigenvalue weighted by atomic mass is 11.0. The monoisotopic (exact) mass is 208 g/mol. The molecule has 1 saturated heterocycles. The first-order valence-electron chi connectivity index (χ1n) is 3.71. The summed E-state index contributed by atoms with van der Waals surface area (Å²) in [5.41, 5.74) is 0. The molecule has 1 fully saturated rings. The molecule has 0 nitrogen and oxygen atoms in total. The molecule has 1 heterocycles. The van der Waals surface area contributed by atoms with Crippen molar-refractivity contribution >= 4 is 35.5 Å². The Morgan fingerprint density at radius 1 is 1.10 bits per heavy atom. The quantitative estimate of drug-likeness (QED) is 0.560. The van der Waals surface area contributed by atoms with Crippen LogP contribution < -0.4 is 0 Å². The fourth-order valence-corrected chi connectivity index (χ4v) is 42.1. The van der Waals surface area contributed by atoms with E-state index in [1.807, 2.05) is 0 Å². The van der Waals surface area contributed by atoms with Crippen molar-refractivity contribution < 1.29 is 0 Å². The molecule has 0 N–H and O–H groups in total. The molecule has 1 atom stereocenters. The topological polar surface area (TPSA) is 0 Å². The van der Waals surface area contributed by atoms with E-state index in [4.69, 9.17) is 0 Å². The van der Waals surface area contributed by atoms with Crippen molar-refractivity contribution in [3.8, 4) is 0 Å². The fourth-order valence-electron chi connectivity index (χ4n) is 1.31. The van der Waals surface area contributed by atoms with Gasteiger partial charge in [-0.05, 0) is 0 Å². The third-order valence-electron chi connectivity index (χ3n) is 1.95. The van der Waals surface area contributed by atoms with Gasteiger partial charge in [0, 0.05) is 4.87 Å². The Morgan fingerprint density at radius 2 is 1.60 bits per heavy atom. The summed E-state index contributed by atoms with van der Waals surface area (Å²) in [7, 11) is 1.54. The summed E-state index contributed by atoms with van der Waals surface area (Å²) in [5.74, 6) is 0. The van der Waals surface area contributed by atoms with E-state index in [0.29, 0.717) is 0 Å². The van der Waals surface area contributed by atoms with Crippen molar-refractivity contribution in [2.45, 2.75) is 38.0 Å². The zero-order valence-electron chi connectivity index (χ0n) is 7.39. The van der Waals surface area contributed by atoms with Crippen LogP contribution in [0.4, 0.5) is 0 Å². The number of rotatable bonds is 0. The zero-order chi connectivity index (χ0) is 7.99. The normalized spacial score (nSPS) is 36.3. The molecule has 0 saturated carbocycles. The van der Waals surface area contributed by atoms with Crippen LogP contribution in [0.3, 0.4) is 0 Å². The average Bonchev–Trinajstić information content (AvgIpc) is 1.73. The van der Waals surface area contributed by atoms with Gasteiger partial charge in [-0.3, -0.25) is 0 Å². The van der Waals surface area contributed by atoms with Gasteiger partial charge in [0.25, 0.3) is 0 Å². The van der Waals surface area contributed by atoms with Gasteiger partial charge in [-0.2, -0.15) is 21.9 Å². The minimum atomic E-state index is -0.844. The second-order valence-corrected chi connectivity index (χ2v) is 25.5. The summed E-state index contributed by atoms with van der Waals surface area (Å²) in [6.45, 7) is 12.4. The van der Waals surface area contributed by atoms with Crippen LogP contribution in [0.1, 0.15) is 6.92 Å². The van der Waals surface area contributed by atoms with Crippen LogP contribution in [0.15, 0.2) is 0 Å². The van der Waals surface area contributed by atoms with Gasteiger partial charge in [0.2, 0.25) is 0 Å². The molecule has 0 aromatic carbocycles. The van der Waals surface area contributed by atoms with Crippen molar-refractivity contribution in [2.24, 2.45) is 0 Å². The molecule has 1 aliphatic heterocycles. The maximum Gasteiger partial charge on any atom is 0.164 e. The van der Waals surface area contributed by atoms with Crippen molar-refractivity contribution in [1.82, 2.24) is 0 Å². The molecule has 0 aromatic rings. The van der Waals surface area contributed by atoms with Crippen molar-refractivity contribution in [1.29, 1.82) is 0 Å². The first kappa shape index (κ1) is 9.22. The Bertz CT molecular complexity index is 145. The molecule has 60 valence electrons. The van der Waals surface area contributed by atoms with E-state index in [-0.39, 0.29) is 0 Å². The first-order valence-corrected chi connectivity index (χ1v) is 13.7. The average molecular weight is 208 g/mol. The highest BCUT2D eigenvalue weighted by atomic mass is 32.7. The minimum Gasteiger partial charge on any atom is -0.194 e. The molecular formula is C6H16S2Si2. The number of hydrogen-bond donors (Lipinski definition) is 0. The van der Waals surface area contributed by atoms with Crippen LogP contribution >= 0.6 is 21.9 Å². The van der Waals surface area contributed by atoms with Crippen LogP contribution in [0.25, 0.3) is 0 Å². The van der Waals surface area contributed by atoms with Crippen molar-refractivity contribution in [3.63, 3.8) is 0 Å².